The molecule has 1 heterocycles. The van der Waals surface area contributed by atoms with Gasteiger partial charge >= 0.3 is 0 Å². The smallest absolute Gasteiger partial charge is 0.115 e. The fourth-order valence-corrected chi connectivity index (χ4v) is 2.58. The van der Waals surface area contributed by atoms with Crippen LogP contribution in [-0.4, -0.2) is 29.1 Å². The molecule has 0 saturated carbocycles. The fraction of sp³-hybridized carbons (Fsp3) is 0.600. The van der Waals surface area contributed by atoms with Gasteiger partial charge in [-0.15, -0.1) is 0 Å². The lowest BCUT2D eigenvalue weighted by Gasteiger charge is -2.32. The zero-order chi connectivity index (χ0) is 12.1. The first-order valence-electron chi connectivity index (χ1n) is 6.77. The van der Waals surface area contributed by atoms with Gasteiger partial charge in [0, 0.05) is 6.04 Å². The molecule has 2 rings (SSSR count). The first-order chi connectivity index (χ1) is 8.25. The molecular formula is C15H23NO. The Morgan fingerprint density at radius 1 is 1.12 bits per heavy atom. The molecule has 0 bridgehead atoms. The number of rotatable bonds is 4. The monoisotopic (exact) mass is 233 g/mol. The predicted molar refractivity (Wildman–Crippen MR) is 71.3 cm³/mol. The Labute approximate surface area is 104 Å². The maximum absolute atomic E-state index is 9.23. The Morgan fingerprint density at radius 2 is 1.76 bits per heavy atom. The lowest BCUT2D eigenvalue weighted by molar-refractivity contribution is 0.167. The van der Waals surface area contributed by atoms with Gasteiger partial charge in [0.25, 0.3) is 0 Å². The molecule has 0 aromatic heterocycles. The van der Waals surface area contributed by atoms with Crippen LogP contribution < -0.4 is 0 Å². The highest BCUT2D eigenvalue weighted by molar-refractivity contribution is 5.25. The Morgan fingerprint density at radius 3 is 2.41 bits per heavy atom. The van der Waals surface area contributed by atoms with Crippen LogP contribution in [0.1, 0.15) is 38.2 Å². The third-order valence-electron chi connectivity index (χ3n) is 3.80. The van der Waals surface area contributed by atoms with E-state index in [1.807, 2.05) is 12.1 Å². The highest BCUT2D eigenvalue weighted by Gasteiger charge is 2.16. The average Bonchev–Trinajstić information content (AvgIpc) is 2.39. The van der Waals surface area contributed by atoms with Crippen LogP contribution in [0.2, 0.25) is 0 Å². The first kappa shape index (κ1) is 12.4. The molecule has 1 N–H and O–H groups in total. The van der Waals surface area contributed by atoms with E-state index in [9.17, 15) is 5.11 Å². The minimum absolute atomic E-state index is 0.359. The molecule has 1 fully saturated rings. The summed E-state index contributed by atoms with van der Waals surface area (Å²) in [6.45, 7) is 4.89. The molecule has 94 valence electrons. The number of hydrogen-bond donors (Lipinski definition) is 1. The van der Waals surface area contributed by atoms with Crippen molar-refractivity contribution in [3.8, 4) is 5.75 Å². The average molecular weight is 233 g/mol. The quantitative estimate of drug-likeness (QED) is 0.863. The van der Waals surface area contributed by atoms with E-state index in [2.05, 4.69) is 11.8 Å². The number of likely N-dealkylation sites (tertiary alicyclic amines) is 1. The Kier molecular flexibility index (Phi) is 4.43. The molecule has 1 aromatic carbocycles. The van der Waals surface area contributed by atoms with Crippen molar-refractivity contribution in [2.24, 2.45) is 0 Å². The number of piperidine rings is 1. The maximum atomic E-state index is 9.23. The standard InChI is InChI=1S/C15H23NO/c1-13(16-11-3-2-4-12-16)5-6-14-7-9-15(17)10-8-14/h7-10,13,17H,2-6,11-12H2,1H3/t13-/m1/s1. The largest absolute Gasteiger partial charge is 0.508 e. The van der Waals surface area contributed by atoms with Crippen LogP contribution >= 0.6 is 0 Å². The topological polar surface area (TPSA) is 23.5 Å². The second-order valence-corrected chi connectivity index (χ2v) is 5.15. The third-order valence-corrected chi connectivity index (χ3v) is 3.80. The summed E-state index contributed by atoms with van der Waals surface area (Å²) in [5, 5.41) is 9.23. The van der Waals surface area contributed by atoms with Gasteiger partial charge in [-0.1, -0.05) is 18.6 Å². The second kappa shape index (κ2) is 6.06. The number of phenols is 1. The maximum Gasteiger partial charge on any atom is 0.115 e. The molecular weight excluding hydrogens is 210 g/mol. The van der Waals surface area contributed by atoms with Gasteiger partial charge in [-0.3, -0.25) is 0 Å². The lowest BCUT2D eigenvalue weighted by atomic mass is 10.0. The van der Waals surface area contributed by atoms with Crippen molar-refractivity contribution < 1.29 is 5.11 Å². The van der Waals surface area contributed by atoms with Crippen LogP contribution in [0.3, 0.4) is 0 Å². The van der Waals surface area contributed by atoms with Crippen molar-refractivity contribution in [1.82, 2.24) is 4.90 Å². The molecule has 2 heteroatoms. The van der Waals surface area contributed by atoms with Gasteiger partial charge in [-0.25, -0.2) is 0 Å². The van der Waals surface area contributed by atoms with Gasteiger partial charge in [0.05, 0.1) is 0 Å². The van der Waals surface area contributed by atoms with Crippen molar-refractivity contribution in [1.29, 1.82) is 0 Å². The summed E-state index contributed by atoms with van der Waals surface area (Å²) in [6, 6.07) is 8.29. The van der Waals surface area contributed by atoms with Crippen molar-refractivity contribution in [3.63, 3.8) is 0 Å². The van der Waals surface area contributed by atoms with Crippen LogP contribution in [-0.2, 0) is 6.42 Å². The van der Waals surface area contributed by atoms with Crippen molar-refractivity contribution in [2.45, 2.75) is 45.1 Å². The number of aromatic hydroxyl groups is 1. The molecule has 2 nitrogen and oxygen atoms in total. The Balaban J connectivity index is 1.78. The van der Waals surface area contributed by atoms with E-state index in [1.165, 1.54) is 44.3 Å². The molecule has 17 heavy (non-hydrogen) atoms. The summed E-state index contributed by atoms with van der Waals surface area (Å²) >= 11 is 0. The first-order valence-corrected chi connectivity index (χ1v) is 6.77. The van der Waals surface area contributed by atoms with Crippen molar-refractivity contribution in [2.75, 3.05) is 13.1 Å². The lowest BCUT2D eigenvalue weighted by Crippen LogP contribution is -2.37. The Bertz CT molecular complexity index is 327. The van der Waals surface area contributed by atoms with Gasteiger partial charge in [0.2, 0.25) is 0 Å². The summed E-state index contributed by atoms with van der Waals surface area (Å²) in [7, 11) is 0. The van der Waals surface area contributed by atoms with E-state index >= 15 is 0 Å². The number of aryl methyl sites for hydroxylation is 1. The zero-order valence-corrected chi connectivity index (χ0v) is 10.7. The summed E-state index contributed by atoms with van der Waals surface area (Å²) < 4.78 is 0. The van der Waals surface area contributed by atoms with E-state index in [1.54, 1.807) is 12.1 Å². The number of benzene rings is 1. The van der Waals surface area contributed by atoms with E-state index in [0.29, 0.717) is 11.8 Å². The van der Waals surface area contributed by atoms with Crippen LogP contribution in [0.15, 0.2) is 24.3 Å². The van der Waals surface area contributed by atoms with Crippen LogP contribution in [0.5, 0.6) is 5.75 Å². The summed E-state index contributed by atoms with van der Waals surface area (Å²) in [5.74, 6) is 0.359. The van der Waals surface area contributed by atoms with E-state index < -0.39 is 0 Å². The van der Waals surface area contributed by atoms with Crippen molar-refractivity contribution >= 4 is 0 Å². The van der Waals surface area contributed by atoms with Crippen LogP contribution in [0.25, 0.3) is 0 Å². The molecule has 0 unspecified atom stereocenters. The van der Waals surface area contributed by atoms with Gasteiger partial charge in [-0.2, -0.15) is 0 Å². The van der Waals surface area contributed by atoms with Gasteiger partial charge in [-0.05, 0) is 63.4 Å². The van der Waals surface area contributed by atoms with Gasteiger partial charge in [0.15, 0.2) is 0 Å². The number of phenolic OH excluding ortho intramolecular Hbond substituents is 1. The van der Waals surface area contributed by atoms with E-state index in [4.69, 9.17) is 0 Å². The Hall–Kier alpha value is -1.02. The van der Waals surface area contributed by atoms with Gasteiger partial charge in [0.1, 0.15) is 5.75 Å². The molecule has 0 radical (unpaired) electrons. The normalized spacial score (nSPS) is 19.1. The molecule has 0 spiro atoms. The van der Waals surface area contributed by atoms with Crippen LogP contribution in [0.4, 0.5) is 0 Å². The SMILES string of the molecule is C[C@H](CCc1ccc(O)cc1)N1CCCCC1. The number of nitrogens with zero attached hydrogens (tertiary/aromatic N) is 1. The van der Waals surface area contributed by atoms with Crippen LogP contribution in [0, 0.1) is 0 Å². The molecule has 1 aromatic rings. The molecule has 0 aliphatic carbocycles. The molecule has 0 amide bonds. The minimum Gasteiger partial charge on any atom is -0.508 e. The zero-order valence-electron chi connectivity index (χ0n) is 10.7. The fourth-order valence-electron chi connectivity index (χ4n) is 2.58. The predicted octanol–water partition coefficient (Wildman–Crippen LogP) is 3.20. The molecule has 1 saturated heterocycles. The van der Waals surface area contributed by atoms with Crippen molar-refractivity contribution in [3.05, 3.63) is 29.8 Å². The molecule has 1 atom stereocenters. The molecule has 1 aliphatic heterocycles. The van der Waals surface area contributed by atoms with E-state index in [-0.39, 0.29) is 0 Å². The summed E-state index contributed by atoms with van der Waals surface area (Å²) in [5.41, 5.74) is 1.33. The minimum atomic E-state index is 0.359. The molecule has 1 aliphatic rings. The second-order valence-electron chi connectivity index (χ2n) is 5.15. The summed E-state index contributed by atoms with van der Waals surface area (Å²) in [4.78, 5) is 2.61. The van der Waals surface area contributed by atoms with E-state index in [0.717, 1.165) is 6.42 Å². The highest BCUT2D eigenvalue weighted by Crippen LogP contribution is 2.17. The highest BCUT2D eigenvalue weighted by atomic mass is 16.3. The van der Waals surface area contributed by atoms with Gasteiger partial charge < -0.3 is 10.0 Å². The third kappa shape index (κ3) is 3.74. The number of hydrogen-bond acceptors (Lipinski definition) is 2. The summed E-state index contributed by atoms with van der Waals surface area (Å²) in [6.07, 6.45) is 6.46.